The van der Waals surface area contributed by atoms with Gasteiger partial charge < -0.3 is 15.4 Å². The molecule has 0 bridgehead atoms. The standard InChI is InChI=1S/C16H21F3N2O2/c1-10(21-15(22)11(2)12-7-20-8-12)9-23-14-6-4-3-5-13(14)16(17,18)19/h3-6,10-12,20H,7-9H2,1-2H3,(H,21,22). The minimum absolute atomic E-state index is 0.0194. The Morgan fingerprint density at radius 2 is 2.00 bits per heavy atom. The molecule has 1 fully saturated rings. The van der Waals surface area contributed by atoms with E-state index in [0.717, 1.165) is 19.2 Å². The molecule has 1 saturated heterocycles. The number of hydrogen-bond acceptors (Lipinski definition) is 3. The first-order chi connectivity index (χ1) is 10.8. The van der Waals surface area contributed by atoms with Gasteiger partial charge in [0.15, 0.2) is 0 Å². The molecule has 7 heteroatoms. The summed E-state index contributed by atoms with van der Waals surface area (Å²) in [6.45, 7) is 5.18. The van der Waals surface area contributed by atoms with Gasteiger partial charge in [0.2, 0.25) is 5.91 Å². The number of amides is 1. The second-order valence-electron chi connectivity index (χ2n) is 5.92. The van der Waals surface area contributed by atoms with E-state index in [1.807, 2.05) is 6.92 Å². The smallest absolute Gasteiger partial charge is 0.419 e. The van der Waals surface area contributed by atoms with Crippen molar-refractivity contribution in [3.63, 3.8) is 0 Å². The minimum Gasteiger partial charge on any atom is -0.491 e. The number of benzene rings is 1. The van der Waals surface area contributed by atoms with Gasteiger partial charge in [0, 0.05) is 5.92 Å². The molecular weight excluding hydrogens is 309 g/mol. The summed E-state index contributed by atoms with van der Waals surface area (Å²) >= 11 is 0. The first kappa shape index (κ1) is 17.6. The Morgan fingerprint density at radius 3 is 2.57 bits per heavy atom. The molecule has 0 spiro atoms. The van der Waals surface area contributed by atoms with Gasteiger partial charge in [0.25, 0.3) is 0 Å². The van der Waals surface area contributed by atoms with Crippen molar-refractivity contribution in [3.8, 4) is 5.75 Å². The van der Waals surface area contributed by atoms with Gasteiger partial charge in [-0.1, -0.05) is 19.1 Å². The molecular formula is C16H21F3N2O2. The number of hydrogen-bond donors (Lipinski definition) is 2. The number of carbonyl (C=O) groups is 1. The third kappa shape index (κ3) is 4.60. The molecule has 2 N–H and O–H groups in total. The SMILES string of the molecule is CC(COc1ccccc1C(F)(F)F)NC(=O)C(C)C1CNC1. The summed E-state index contributed by atoms with van der Waals surface area (Å²) in [6, 6.07) is 4.68. The summed E-state index contributed by atoms with van der Waals surface area (Å²) in [7, 11) is 0. The first-order valence-corrected chi connectivity index (χ1v) is 7.59. The lowest BCUT2D eigenvalue weighted by Gasteiger charge is -2.32. The zero-order valence-corrected chi connectivity index (χ0v) is 13.1. The average molecular weight is 330 g/mol. The van der Waals surface area contributed by atoms with Crippen LogP contribution >= 0.6 is 0 Å². The highest BCUT2D eigenvalue weighted by Gasteiger charge is 2.34. The van der Waals surface area contributed by atoms with Crippen LogP contribution in [0.3, 0.4) is 0 Å². The van der Waals surface area contributed by atoms with Crippen molar-refractivity contribution in [2.75, 3.05) is 19.7 Å². The van der Waals surface area contributed by atoms with Crippen molar-refractivity contribution < 1.29 is 22.7 Å². The second kappa shape index (κ2) is 7.21. The zero-order chi connectivity index (χ0) is 17.0. The number of nitrogens with one attached hydrogen (secondary N) is 2. The first-order valence-electron chi connectivity index (χ1n) is 7.59. The van der Waals surface area contributed by atoms with E-state index >= 15 is 0 Å². The Labute approximate surface area is 133 Å². The van der Waals surface area contributed by atoms with Crippen LogP contribution in [-0.2, 0) is 11.0 Å². The molecule has 1 aromatic carbocycles. The summed E-state index contributed by atoms with van der Waals surface area (Å²) in [5.74, 6) is -0.135. The summed E-state index contributed by atoms with van der Waals surface area (Å²) in [4.78, 5) is 12.1. The molecule has 4 nitrogen and oxygen atoms in total. The van der Waals surface area contributed by atoms with Gasteiger partial charge in [-0.25, -0.2) is 0 Å². The molecule has 0 aromatic heterocycles. The van der Waals surface area contributed by atoms with Crippen molar-refractivity contribution in [1.29, 1.82) is 0 Å². The Balaban J connectivity index is 1.87. The predicted octanol–water partition coefficient (Wildman–Crippen LogP) is 2.44. The van der Waals surface area contributed by atoms with Crippen LogP contribution in [0.5, 0.6) is 5.75 Å². The molecule has 23 heavy (non-hydrogen) atoms. The Hall–Kier alpha value is -1.76. The minimum atomic E-state index is -4.46. The number of alkyl halides is 3. The second-order valence-corrected chi connectivity index (χ2v) is 5.92. The number of carbonyl (C=O) groups excluding carboxylic acids is 1. The molecule has 0 radical (unpaired) electrons. The number of rotatable bonds is 6. The normalized spacial score (nSPS) is 18.0. The van der Waals surface area contributed by atoms with Crippen LogP contribution in [0.1, 0.15) is 19.4 Å². The fourth-order valence-corrected chi connectivity index (χ4v) is 2.34. The van der Waals surface area contributed by atoms with Crippen molar-refractivity contribution in [1.82, 2.24) is 10.6 Å². The van der Waals surface area contributed by atoms with E-state index < -0.39 is 11.7 Å². The van der Waals surface area contributed by atoms with E-state index in [0.29, 0.717) is 5.92 Å². The molecule has 1 heterocycles. The maximum absolute atomic E-state index is 12.9. The van der Waals surface area contributed by atoms with Crippen LogP contribution in [0.25, 0.3) is 0 Å². The van der Waals surface area contributed by atoms with Gasteiger partial charge in [0.1, 0.15) is 12.4 Å². The number of ether oxygens (including phenoxy) is 1. The Bertz CT molecular complexity index is 544. The van der Waals surface area contributed by atoms with Crippen LogP contribution in [0.2, 0.25) is 0 Å². The van der Waals surface area contributed by atoms with E-state index in [1.54, 1.807) is 6.92 Å². The van der Waals surface area contributed by atoms with E-state index in [9.17, 15) is 18.0 Å². The van der Waals surface area contributed by atoms with Gasteiger partial charge in [-0.3, -0.25) is 4.79 Å². The summed E-state index contributed by atoms with van der Waals surface area (Å²) in [6.07, 6.45) is -4.46. The molecule has 2 rings (SSSR count). The molecule has 0 saturated carbocycles. The Kier molecular flexibility index (Phi) is 5.51. The molecule has 1 aliphatic heterocycles. The Morgan fingerprint density at radius 1 is 1.35 bits per heavy atom. The highest BCUT2D eigenvalue weighted by molar-refractivity contribution is 5.79. The monoisotopic (exact) mass is 330 g/mol. The summed E-state index contributed by atoms with van der Waals surface area (Å²) in [5, 5.41) is 5.89. The van der Waals surface area contributed by atoms with Gasteiger partial charge >= 0.3 is 6.18 Å². The molecule has 2 unspecified atom stereocenters. The van der Waals surface area contributed by atoms with Gasteiger partial charge in [-0.05, 0) is 38.1 Å². The molecule has 2 atom stereocenters. The predicted molar refractivity (Wildman–Crippen MR) is 80.1 cm³/mol. The van der Waals surface area contributed by atoms with E-state index in [-0.39, 0.29) is 30.2 Å². The van der Waals surface area contributed by atoms with Crippen molar-refractivity contribution in [2.24, 2.45) is 11.8 Å². The van der Waals surface area contributed by atoms with Crippen LogP contribution in [0.15, 0.2) is 24.3 Å². The van der Waals surface area contributed by atoms with E-state index in [2.05, 4.69) is 10.6 Å². The lowest BCUT2D eigenvalue weighted by Crippen LogP contribution is -2.51. The average Bonchev–Trinajstić information content (AvgIpc) is 2.42. The van der Waals surface area contributed by atoms with Gasteiger partial charge in [0.05, 0.1) is 11.6 Å². The van der Waals surface area contributed by atoms with Crippen LogP contribution in [0.4, 0.5) is 13.2 Å². The summed E-state index contributed by atoms with van der Waals surface area (Å²) in [5.41, 5.74) is -0.813. The maximum atomic E-state index is 12.9. The molecule has 1 aliphatic rings. The third-order valence-electron chi connectivity index (χ3n) is 4.00. The van der Waals surface area contributed by atoms with Crippen molar-refractivity contribution in [2.45, 2.75) is 26.1 Å². The largest absolute Gasteiger partial charge is 0.491 e. The fraction of sp³-hybridized carbons (Fsp3) is 0.562. The van der Waals surface area contributed by atoms with Crippen LogP contribution in [0, 0.1) is 11.8 Å². The van der Waals surface area contributed by atoms with E-state index in [1.165, 1.54) is 18.2 Å². The number of para-hydroxylation sites is 1. The molecule has 128 valence electrons. The topological polar surface area (TPSA) is 50.4 Å². The van der Waals surface area contributed by atoms with Crippen molar-refractivity contribution in [3.05, 3.63) is 29.8 Å². The van der Waals surface area contributed by atoms with Crippen LogP contribution < -0.4 is 15.4 Å². The number of halogens is 3. The lowest BCUT2D eigenvalue weighted by atomic mass is 9.88. The zero-order valence-electron chi connectivity index (χ0n) is 13.1. The quantitative estimate of drug-likeness (QED) is 0.842. The third-order valence-corrected chi connectivity index (χ3v) is 4.00. The lowest BCUT2D eigenvalue weighted by molar-refractivity contribution is -0.139. The summed E-state index contributed by atoms with van der Waals surface area (Å²) < 4.78 is 43.9. The van der Waals surface area contributed by atoms with Crippen LogP contribution in [-0.4, -0.2) is 31.6 Å². The van der Waals surface area contributed by atoms with Crippen molar-refractivity contribution >= 4 is 5.91 Å². The fourth-order valence-electron chi connectivity index (χ4n) is 2.34. The molecule has 1 amide bonds. The maximum Gasteiger partial charge on any atom is 0.419 e. The van der Waals surface area contributed by atoms with Gasteiger partial charge in [-0.2, -0.15) is 13.2 Å². The molecule has 1 aromatic rings. The highest BCUT2D eigenvalue weighted by Crippen LogP contribution is 2.35. The molecule has 0 aliphatic carbocycles. The van der Waals surface area contributed by atoms with E-state index in [4.69, 9.17) is 4.74 Å². The van der Waals surface area contributed by atoms with Gasteiger partial charge in [-0.15, -0.1) is 0 Å². The highest BCUT2D eigenvalue weighted by atomic mass is 19.4.